The second-order valence-electron chi connectivity index (χ2n) is 4.67. The first-order chi connectivity index (χ1) is 10.0. The van der Waals surface area contributed by atoms with Gasteiger partial charge >= 0.3 is 0 Å². The first-order valence-corrected chi connectivity index (χ1v) is 6.66. The fourth-order valence-corrected chi connectivity index (χ4v) is 2.22. The highest BCUT2D eigenvalue weighted by molar-refractivity contribution is 6.07. The highest BCUT2D eigenvalue weighted by Crippen LogP contribution is 2.19. The van der Waals surface area contributed by atoms with E-state index in [1.165, 1.54) is 0 Å². The molecule has 8 nitrogen and oxygen atoms in total. The predicted octanol–water partition coefficient (Wildman–Crippen LogP) is -1.91. The Bertz CT molecular complexity index is 657. The smallest absolute Gasteiger partial charge is 0.253 e. The van der Waals surface area contributed by atoms with Crippen LogP contribution in [0.1, 0.15) is 6.42 Å². The van der Waals surface area contributed by atoms with Crippen molar-refractivity contribution >= 4 is 17.2 Å². The number of carbonyl (C=O) groups excluding carboxylic acids is 1. The molecule has 0 aromatic heterocycles. The van der Waals surface area contributed by atoms with E-state index in [1.54, 1.807) is 14.1 Å². The summed E-state index contributed by atoms with van der Waals surface area (Å²) < 4.78 is 0. The minimum absolute atomic E-state index is 0.311. The number of aliphatic hydroxyl groups excluding tert-OH is 1. The maximum absolute atomic E-state index is 11.4. The average molecular weight is 294 g/mol. The Balaban J connectivity index is 1.75. The molecule has 1 aromatic rings. The molecule has 0 saturated carbocycles. The third-order valence-electron chi connectivity index (χ3n) is 3.42. The molecule has 1 unspecified atom stereocenters. The third-order valence-corrected chi connectivity index (χ3v) is 3.42. The SMILES string of the molecule is CNC1=C(NCCCNc2c(NC)c(=O)c2=O)C(=O)C1O. The van der Waals surface area contributed by atoms with Gasteiger partial charge in [-0.3, -0.25) is 14.4 Å². The van der Waals surface area contributed by atoms with Crippen molar-refractivity contribution in [1.82, 2.24) is 10.6 Å². The van der Waals surface area contributed by atoms with E-state index in [2.05, 4.69) is 21.3 Å². The van der Waals surface area contributed by atoms with Gasteiger partial charge in [0.2, 0.25) is 5.78 Å². The van der Waals surface area contributed by atoms with Gasteiger partial charge in [-0.1, -0.05) is 0 Å². The van der Waals surface area contributed by atoms with Gasteiger partial charge in [0.05, 0.1) is 5.70 Å². The van der Waals surface area contributed by atoms with Gasteiger partial charge in [0.1, 0.15) is 17.1 Å². The summed E-state index contributed by atoms with van der Waals surface area (Å²) in [4.78, 5) is 33.9. The van der Waals surface area contributed by atoms with Crippen LogP contribution < -0.4 is 32.1 Å². The number of carbonyl (C=O) groups is 1. The summed E-state index contributed by atoms with van der Waals surface area (Å²) in [6.07, 6.45) is -0.413. The number of nitrogens with one attached hydrogen (secondary N) is 4. The van der Waals surface area contributed by atoms with Gasteiger partial charge in [-0.15, -0.1) is 0 Å². The van der Waals surface area contributed by atoms with Crippen LogP contribution in [0.15, 0.2) is 21.0 Å². The Morgan fingerprint density at radius 3 is 2.19 bits per heavy atom. The molecule has 21 heavy (non-hydrogen) atoms. The van der Waals surface area contributed by atoms with Crippen LogP contribution >= 0.6 is 0 Å². The molecule has 0 radical (unpaired) electrons. The highest BCUT2D eigenvalue weighted by Gasteiger charge is 2.36. The topological polar surface area (TPSA) is 120 Å². The van der Waals surface area contributed by atoms with Crippen molar-refractivity contribution in [2.45, 2.75) is 12.5 Å². The summed E-state index contributed by atoms with van der Waals surface area (Å²) in [7, 11) is 3.22. The lowest BCUT2D eigenvalue weighted by Crippen LogP contribution is -2.47. The molecule has 1 aliphatic carbocycles. The number of Topliss-reactive ketones (excluding diaryl/α,β-unsaturated/α-hetero) is 1. The van der Waals surface area contributed by atoms with E-state index in [-0.39, 0.29) is 5.78 Å². The molecule has 0 aliphatic heterocycles. The summed E-state index contributed by atoms with van der Waals surface area (Å²) in [5.41, 5.74) is 0.502. The van der Waals surface area contributed by atoms with Gasteiger partial charge < -0.3 is 26.4 Å². The van der Waals surface area contributed by atoms with E-state index in [4.69, 9.17) is 0 Å². The normalized spacial score (nSPS) is 17.7. The molecule has 5 N–H and O–H groups in total. The van der Waals surface area contributed by atoms with Gasteiger partial charge in [0.15, 0.2) is 6.10 Å². The zero-order valence-corrected chi connectivity index (χ0v) is 11.9. The number of rotatable bonds is 8. The summed E-state index contributed by atoms with van der Waals surface area (Å²) in [6.45, 7) is 1.00. The number of hydrogen-bond donors (Lipinski definition) is 5. The van der Waals surface area contributed by atoms with E-state index in [1.807, 2.05) is 0 Å². The molecule has 2 rings (SSSR count). The fraction of sp³-hybridized carbons (Fsp3) is 0.462. The van der Waals surface area contributed by atoms with Crippen molar-refractivity contribution < 1.29 is 9.90 Å². The second kappa shape index (κ2) is 5.96. The summed E-state index contributed by atoms with van der Waals surface area (Å²) in [6, 6.07) is 0. The molecule has 0 saturated heterocycles. The molecule has 8 heteroatoms. The monoisotopic (exact) mass is 294 g/mol. The van der Waals surface area contributed by atoms with Crippen LogP contribution in [-0.4, -0.2) is 44.2 Å². The minimum Gasteiger partial charge on any atom is -0.387 e. The van der Waals surface area contributed by atoms with Gasteiger partial charge in [-0.05, 0) is 6.42 Å². The van der Waals surface area contributed by atoms with Crippen LogP contribution in [0.3, 0.4) is 0 Å². The van der Waals surface area contributed by atoms with Crippen LogP contribution in [0.5, 0.6) is 0 Å². The fourth-order valence-electron chi connectivity index (χ4n) is 2.22. The lowest BCUT2D eigenvalue weighted by molar-refractivity contribution is -0.125. The van der Waals surface area contributed by atoms with Crippen molar-refractivity contribution in [2.24, 2.45) is 0 Å². The largest absolute Gasteiger partial charge is 0.387 e. The van der Waals surface area contributed by atoms with Crippen LogP contribution in [-0.2, 0) is 4.79 Å². The maximum Gasteiger partial charge on any atom is 0.253 e. The number of anilines is 2. The first-order valence-electron chi connectivity index (χ1n) is 6.66. The zero-order chi connectivity index (χ0) is 15.6. The van der Waals surface area contributed by atoms with Gasteiger partial charge in [0, 0.05) is 27.2 Å². The number of aliphatic hydroxyl groups is 1. The van der Waals surface area contributed by atoms with E-state index in [9.17, 15) is 19.5 Å². The summed E-state index contributed by atoms with van der Waals surface area (Å²) >= 11 is 0. The average Bonchev–Trinajstić information content (AvgIpc) is 2.50. The third kappa shape index (κ3) is 2.49. The van der Waals surface area contributed by atoms with Crippen LogP contribution in [0.25, 0.3) is 0 Å². The van der Waals surface area contributed by atoms with E-state index in [0.29, 0.717) is 42.3 Å². The Morgan fingerprint density at radius 1 is 0.952 bits per heavy atom. The quantitative estimate of drug-likeness (QED) is 0.278. The highest BCUT2D eigenvalue weighted by atomic mass is 16.3. The molecule has 0 fully saturated rings. The molecular formula is C13H18N4O4. The van der Waals surface area contributed by atoms with Gasteiger partial charge in [-0.2, -0.15) is 0 Å². The number of likely N-dealkylation sites (N-methyl/N-ethyl adjacent to an activating group) is 1. The number of ketones is 1. The molecule has 0 bridgehead atoms. The molecule has 1 atom stereocenters. The molecule has 114 valence electrons. The predicted molar refractivity (Wildman–Crippen MR) is 79.1 cm³/mol. The van der Waals surface area contributed by atoms with Crippen molar-refractivity contribution in [1.29, 1.82) is 0 Å². The maximum atomic E-state index is 11.4. The van der Waals surface area contributed by atoms with Gasteiger partial charge in [-0.25, -0.2) is 0 Å². The van der Waals surface area contributed by atoms with Crippen LogP contribution in [0.2, 0.25) is 0 Å². The molecule has 0 heterocycles. The molecule has 0 amide bonds. The molecule has 0 spiro atoms. The Hall–Kier alpha value is -2.35. The second-order valence-corrected chi connectivity index (χ2v) is 4.67. The zero-order valence-electron chi connectivity index (χ0n) is 11.9. The number of hydrogen-bond acceptors (Lipinski definition) is 8. The van der Waals surface area contributed by atoms with E-state index in [0.717, 1.165) is 0 Å². The first kappa shape index (κ1) is 15.0. The van der Waals surface area contributed by atoms with Crippen molar-refractivity contribution in [2.75, 3.05) is 37.8 Å². The van der Waals surface area contributed by atoms with Crippen molar-refractivity contribution in [3.8, 4) is 0 Å². The standard InChI is InChI=1S/C13H18N4O4/c1-14-6-8(12(20)10(6)18)16-4-3-5-17-9-7(15-2)11(19)13(9)21/h10,14-18H,3-5H2,1-2H3. The van der Waals surface area contributed by atoms with Crippen LogP contribution in [0.4, 0.5) is 11.4 Å². The lowest BCUT2D eigenvalue weighted by Gasteiger charge is -2.28. The van der Waals surface area contributed by atoms with Crippen molar-refractivity contribution in [3.05, 3.63) is 31.8 Å². The lowest BCUT2D eigenvalue weighted by atomic mass is 9.95. The summed E-state index contributed by atoms with van der Waals surface area (Å²) in [5.74, 6) is -0.327. The summed E-state index contributed by atoms with van der Waals surface area (Å²) in [5, 5.41) is 20.6. The molecule has 1 aromatic carbocycles. The minimum atomic E-state index is -1.06. The Labute approximate surface area is 120 Å². The van der Waals surface area contributed by atoms with E-state index < -0.39 is 17.0 Å². The van der Waals surface area contributed by atoms with Crippen molar-refractivity contribution in [3.63, 3.8) is 0 Å². The van der Waals surface area contributed by atoms with Crippen LogP contribution in [0, 0.1) is 0 Å². The molecule has 1 aliphatic rings. The molecular weight excluding hydrogens is 276 g/mol. The van der Waals surface area contributed by atoms with E-state index >= 15 is 0 Å². The Kier molecular flexibility index (Phi) is 4.27. The Morgan fingerprint density at radius 2 is 1.57 bits per heavy atom. The van der Waals surface area contributed by atoms with Gasteiger partial charge in [0.25, 0.3) is 10.9 Å².